The molecule has 1 heterocycles. The van der Waals surface area contributed by atoms with E-state index >= 15 is 0 Å². The van der Waals surface area contributed by atoms with E-state index in [4.69, 9.17) is 21.4 Å². The highest BCUT2D eigenvalue weighted by Gasteiger charge is 2.51. The molecule has 1 rings (SSSR count). The largest absolute Gasteiger partial charge is 0.477 e. The summed E-state index contributed by atoms with van der Waals surface area (Å²) in [5.74, 6) is -2.56. The number of alkyl halides is 1. The van der Waals surface area contributed by atoms with Crippen LogP contribution in [-0.2, 0) is 19.1 Å². The van der Waals surface area contributed by atoms with Crippen molar-refractivity contribution in [2.45, 2.75) is 11.5 Å². The number of cyclic esters (lactones) is 1. The number of halogens is 1. The highest BCUT2D eigenvalue weighted by atomic mass is 35.5. The summed E-state index contributed by atoms with van der Waals surface area (Å²) >= 11 is 5.53. The Labute approximate surface area is 79.6 Å². The first-order valence-electron chi connectivity index (χ1n) is 3.63. The first-order chi connectivity index (χ1) is 5.99. The van der Waals surface area contributed by atoms with Gasteiger partial charge in [-0.1, -0.05) is 11.6 Å². The lowest BCUT2D eigenvalue weighted by molar-refractivity contribution is -0.161. The fourth-order valence-corrected chi connectivity index (χ4v) is 1.41. The van der Waals surface area contributed by atoms with Crippen molar-refractivity contribution < 1.29 is 24.2 Å². The highest BCUT2D eigenvalue weighted by Crippen LogP contribution is 2.35. The second-order valence-corrected chi connectivity index (χ2v) is 3.42. The van der Waals surface area contributed by atoms with E-state index in [0.717, 1.165) is 0 Å². The number of methoxy groups -OCH3 is 1. The fraction of sp³-hybridized carbons (Fsp3) is 0.714. The normalized spacial score (nSPS) is 33.1. The Morgan fingerprint density at radius 2 is 2.54 bits per heavy atom. The fourth-order valence-electron chi connectivity index (χ4n) is 1.14. The standard InChI is InChI=1S/C7H9ClO5/c1-12-3-4-2-7(8,6(10)11)13-5(4)9/h4H,2-3H2,1H3,(H,10,11). The topological polar surface area (TPSA) is 72.8 Å². The average Bonchev–Trinajstić information content (AvgIpc) is 2.29. The zero-order valence-electron chi connectivity index (χ0n) is 6.95. The van der Waals surface area contributed by atoms with E-state index < -0.39 is 22.9 Å². The molecule has 0 aliphatic carbocycles. The zero-order chi connectivity index (χ0) is 10.1. The number of ether oxygens (including phenoxy) is 2. The minimum absolute atomic E-state index is 0.0590. The molecule has 74 valence electrons. The number of hydrogen-bond acceptors (Lipinski definition) is 4. The van der Waals surface area contributed by atoms with Crippen LogP contribution in [0.1, 0.15) is 6.42 Å². The first-order valence-corrected chi connectivity index (χ1v) is 4.01. The molecule has 1 fully saturated rings. The number of esters is 1. The van der Waals surface area contributed by atoms with E-state index in [1.54, 1.807) is 0 Å². The minimum Gasteiger partial charge on any atom is -0.477 e. The maximum absolute atomic E-state index is 11.0. The Balaban J connectivity index is 2.69. The lowest BCUT2D eigenvalue weighted by atomic mass is 10.1. The minimum atomic E-state index is -1.90. The lowest BCUT2D eigenvalue weighted by Crippen LogP contribution is -2.31. The van der Waals surface area contributed by atoms with Crippen molar-refractivity contribution in [1.82, 2.24) is 0 Å². The summed E-state index contributed by atoms with van der Waals surface area (Å²) < 4.78 is 9.24. The highest BCUT2D eigenvalue weighted by molar-refractivity contribution is 6.33. The third kappa shape index (κ3) is 1.92. The molecular weight excluding hydrogens is 200 g/mol. The first kappa shape index (κ1) is 10.3. The van der Waals surface area contributed by atoms with E-state index in [0.29, 0.717) is 0 Å². The summed E-state index contributed by atoms with van der Waals surface area (Å²) in [7, 11) is 1.42. The molecule has 1 saturated heterocycles. The monoisotopic (exact) mass is 208 g/mol. The van der Waals surface area contributed by atoms with Crippen LogP contribution in [0.25, 0.3) is 0 Å². The van der Waals surface area contributed by atoms with Gasteiger partial charge in [0, 0.05) is 13.5 Å². The number of rotatable bonds is 3. The van der Waals surface area contributed by atoms with Crippen LogP contribution in [-0.4, -0.2) is 35.8 Å². The molecule has 0 bridgehead atoms. The van der Waals surface area contributed by atoms with Gasteiger partial charge in [0.05, 0.1) is 12.5 Å². The number of carbonyl (C=O) groups excluding carboxylic acids is 1. The molecule has 1 aliphatic heterocycles. The summed E-state index contributed by atoms with van der Waals surface area (Å²) in [6, 6.07) is 0. The molecule has 0 radical (unpaired) electrons. The molecule has 0 aromatic carbocycles. The van der Waals surface area contributed by atoms with Gasteiger partial charge in [-0.05, 0) is 0 Å². The van der Waals surface area contributed by atoms with Crippen molar-refractivity contribution in [3.05, 3.63) is 0 Å². The lowest BCUT2D eigenvalue weighted by Gasteiger charge is -2.12. The second kappa shape index (κ2) is 3.51. The third-order valence-electron chi connectivity index (χ3n) is 1.79. The summed E-state index contributed by atoms with van der Waals surface area (Å²) in [6.45, 7) is 0.126. The van der Waals surface area contributed by atoms with Crippen molar-refractivity contribution >= 4 is 23.5 Å². The van der Waals surface area contributed by atoms with Gasteiger partial charge in [-0.25, -0.2) is 4.79 Å². The van der Waals surface area contributed by atoms with Crippen LogP contribution in [0.5, 0.6) is 0 Å². The van der Waals surface area contributed by atoms with Crippen molar-refractivity contribution in [1.29, 1.82) is 0 Å². The second-order valence-electron chi connectivity index (χ2n) is 2.81. The Bertz CT molecular complexity index is 241. The average molecular weight is 209 g/mol. The van der Waals surface area contributed by atoms with Gasteiger partial charge in [0.25, 0.3) is 5.06 Å². The molecule has 0 amide bonds. The summed E-state index contributed by atoms with van der Waals surface area (Å²) in [5.41, 5.74) is 0. The van der Waals surface area contributed by atoms with Crippen molar-refractivity contribution in [2.75, 3.05) is 13.7 Å². The van der Waals surface area contributed by atoms with Gasteiger partial charge in [0.1, 0.15) is 0 Å². The number of carboxylic acid groups (broad SMARTS) is 1. The molecule has 1 N–H and O–H groups in total. The predicted octanol–water partition coefficient (Wildman–Crippen LogP) is 0.216. The molecule has 13 heavy (non-hydrogen) atoms. The molecule has 5 nitrogen and oxygen atoms in total. The molecule has 6 heteroatoms. The van der Waals surface area contributed by atoms with Crippen molar-refractivity contribution in [2.24, 2.45) is 5.92 Å². The van der Waals surface area contributed by atoms with Gasteiger partial charge in [-0.2, -0.15) is 0 Å². The SMILES string of the molecule is COCC1CC(Cl)(C(=O)O)OC1=O. The Morgan fingerprint density at radius 1 is 1.92 bits per heavy atom. The van der Waals surface area contributed by atoms with Gasteiger partial charge < -0.3 is 14.6 Å². The van der Waals surface area contributed by atoms with E-state index in [9.17, 15) is 9.59 Å². The van der Waals surface area contributed by atoms with Crippen LogP contribution in [0.4, 0.5) is 0 Å². The molecule has 0 aromatic heterocycles. The maximum atomic E-state index is 11.0. The smallest absolute Gasteiger partial charge is 0.364 e. The van der Waals surface area contributed by atoms with Gasteiger partial charge in [0.2, 0.25) is 0 Å². The molecule has 0 saturated carbocycles. The molecule has 2 atom stereocenters. The van der Waals surface area contributed by atoms with Gasteiger partial charge in [-0.15, -0.1) is 0 Å². The number of aliphatic carboxylic acids is 1. The summed E-state index contributed by atoms with van der Waals surface area (Å²) in [5, 5.41) is 6.72. The molecular formula is C7H9ClO5. The van der Waals surface area contributed by atoms with Gasteiger partial charge >= 0.3 is 11.9 Å². The molecule has 1 aliphatic rings. The Morgan fingerprint density at radius 3 is 2.92 bits per heavy atom. The number of hydrogen-bond donors (Lipinski definition) is 1. The Kier molecular flexibility index (Phi) is 2.77. The zero-order valence-corrected chi connectivity index (χ0v) is 7.71. The quantitative estimate of drug-likeness (QED) is 0.531. The molecule has 0 spiro atoms. The third-order valence-corrected chi connectivity index (χ3v) is 2.18. The summed E-state index contributed by atoms with van der Waals surface area (Å²) in [4.78, 5) is 21.6. The van der Waals surface area contributed by atoms with Crippen molar-refractivity contribution in [3.63, 3.8) is 0 Å². The van der Waals surface area contributed by atoms with E-state index in [1.807, 2.05) is 0 Å². The van der Waals surface area contributed by atoms with Crippen LogP contribution in [0.2, 0.25) is 0 Å². The van der Waals surface area contributed by atoms with Gasteiger partial charge in [0.15, 0.2) is 0 Å². The van der Waals surface area contributed by atoms with Crippen molar-refractivity contribution in [3.8, 4) is 0 Å². The van der Waals surface area contributed by atoms with E-state index in [-0.39, 0.29) is 13.0 Å². The summed E-state index contributed by atoms with van der Waals surface area (Å²) in [6.07, 6.45) is -0.0590. The molecule has 0 aromatic rings. The number of carboxylic acids is 1. The van der Waals surface area contributed by atoms with Gasteiger partial charge in [-0.3, -0.25) is 4.79 Å². The van der Waals surface area contributed by atoms with E-state index in [2.05, 4.69) is 4.74 Å². The van der Waals surface area contributed by atoms with Crippen LogP contribution in [0.3, 0.4) is 0 Å². The molecule has 2 unspecified atom stereocenters. The van der Waals surface area contributed by atoms with E-state index in [1.165, 1.54) is 7.11 Å². The maximum Gasteiger partial charge on any atom is 0.364 e. The Hall–Kier alpha value is -0.810. The van der Waals surface area contributed by atoms with Crippen LogP contribution in [0.15, 0.2) is 0 Å². The number of carbonyl (C=O) groups is 2. The van der Waals surface area contributed by atoms with Crippen LogP contribution < -0.4 is 0 Å². The predicted molar refractivity (Wildman–Crippen MR) is 42.3 cm³/mol. The van der Waals surface area contributed by atoms with Crippen LogP contribution >= 0.6 is 11.6 Å². The van der Waals surface area contributed by atoms with Crippen LogP contribution in [0, 0.1) is 5.92 Å².